The molecule has 0 saturated carbocycles. The largest absolute Gasteiger partial charge is 0.507 e. The fourth-order valence-electron chi connectivity index (χ4n) is 2.30. The van der Waals surface area contributed by atoms with Crippen molar-refractivity contribution in [2.75, 3.05) is 0 Å². The molecular weight excluding hydrogens is 296 g/mol. The number of aromatic hydroxyl groups is 3. The Bertz CT molecular complexity index is 991. The lowest BCUT2D eigenvalue weighted by Gasteiger charge is -2.10. The highest BCUT2D eigenvalue weighted by atomic mass is 32.2. The van der Waals surface area contributed by atoms with E-state index in [1.165, 1.54) is 18.2 Å². The standard InChI is InChI=1S/C14H10O6S/c15-11-3-1-2-7-4-8-5-12(21(18,19)20)14(17)13(16)10(8)6-9(7)11/h1-6,15-17H,(H,18,19,20). The maximum absolute atomic E-state index is 11.2. The molecule has 0 heterocycles. The normalized spacial score (nSPS) is 12.0. The topological polar surface area (TPSA) is 115 Å². The first-order chi connectivity index (χ1) is 9.79. The van der Waals surface area contributed by atoms with Crippen LogP contribution >= 0.6 is 0 Å². The summed E-state index contributed by atoms with van der Waals surface area (Å²) in [6.07, 6.45) is 0. The van der Waals surface area contributed by atoms with E-state index in [0.717, 1.165) is 6.07 Å². The van der Waals surface area contributed by atoms with Crippen molar-refractivity contribution >= 4 is 31.7 Å². The number of hydrogen-bond acceptors (Lipinski definition) is 5. The smallest absolute Gasteiger partial charge is 0.298 e. The van der Waals surface area contributed by atoms with Crippen LogP contribution in [0.15, 0.2) is 41.3 Å². The number of benzene rings is 3. The van der Waals surface area contributed by atoms with E-state index in [4.69, 9.17) is 4.55 Å². The average Bonchev–Trinajstić information content (AvgIpc) is 2.40. The fraction of sp³-hybridized carbons (Fsp3) is 0. The van der Waals surface area contributed by atoms with E-state index < -0.39 is 26.5 Å². The van der Waals surface area contributed by atoms with Crippen LogP contribution in [0.1, 0.15) is 0 Å². The lowest BCUT2D eigenvalue weighted by atomic mass is 10.0. The highest BCUT2D eigenvalue weighted by Gasteiger charge is 2.21. The molecule has 7 heteroatoms. The summed E-state index contributed by atoms with van der Waals surface area (Å²) in [5.41, 5.74) is 0. The minimum absolute atomic E-state index is 0.00727. The van der Waals surface area contributed by atoms with E-state index in [1.807, 2.05) is 0 Å². The molecule has 0 aliphatic rings. The average molecular weight is 306 g/mol. The van der Waals surface area contributed by atoms with E-state index >= 15 is 0 Å². The van der Waals surface area contributed by atoms with Crippen LogP contribution in [-0.4, -0.2) is 28.3 Å². The van der Waals surface area contributed by atoms with Gasteiger partial charge in [0.2, 0.25) is 0 Å². The molecule has 21 heavy (non-hydrogen) atoms. The van der Waals surface area contributed by atoms with Gasteiger partial charge in [-0.25, -0.2) is 0 Å². The van der Waals surface area contributed by atoms with Gasteiger partial charge in [0.15, 0.2) is 11.5 Å². The molecule has 6 nitrogen and oxygen atoms in total. The molecule has 0 aliphatic heterocycles. The second kappa shape index (κ2) is 4.24. The van der Waals surface area contributed by atoms with Gasteiger partial charge >= 0.3 is 0 Å². The summed E-state index contributed by atoms with van der Waals surface area (Å²) in [5.74, 6) is -1.61. The zero-order chi connectivity index (χ0) is 15.4. The Labute approximate surface area is 119 Å². The van der Waals surface area contributed by atoms with Gasteiger partial charge in [0, 0.05) is 10.8 Å². The van der Waals surface area contributed by atoms with Crippen molar-refractivity contribution in [1.29, 1.82) is 0 Å². The molecule has 0 amide bonds. The van der Waals surface area contributed by atoms with Crippen molar-refractivity contribution in [3.05, 3.63) is 36.4 Å². The molecule has 0 saturated heterocycles. The predicted molar refractivity (Wildman–Crippen MR) is 76.3 cm³/mol. The quantitative estimate of drug-likeness (QED) is 0.312. The van der Waals surface area contributed by atoms with Crippen molar-refractivity contribution in [1.82, 2.24) is 0 Å². The van der Waals surface area contributed by atoms with Crippen molar-refractivity contribution < 1.29 is 28.3 Å². The molecule has 0 spiro atoms. The Hall–Kier alpha value is -2.51. The van der Waals surface area contributed by atoms with Crippen LogP contribution < -0.4 is 0 Å². The maximum atomic E-state index is 11.2. The second-order valence-electron chi connectivity index (χ2n) is 4.62. The molecule has 3 aromatic carbocycles. The molecule has 3 rings (SSSR count). The molecule has 4 N–H and O–H groups in total. The number of fused-ring (bicyclic) bond motifs is 2. The maximum Gasteiger partial charge on any atom is 0.298 e. The Morgan fingerprint density at radius 2 is 1.52 bits per heavy atom. The second-order valence-corrected chi connectivity index (χ2v) is 6.01. The first kappa shape index (κ1) is 13.5. The van der Waals surface area contributed by atoms with Gasteiger partial charge in [-0.2, -0.15) is 8.42 Å². The van der Waals surface area contributed by atoms with E-state index in [2.05, 4.69) is 0 Å². The third kappa shape index (κ3) is 2.03. The molecule has 0 aliphatic carbocycles. The van der Waals surface area contributed by atoms with Crippen molar-refractivity contribution in [3.63, 3.8) is 0 Å². The summed E-state index contributed by atoms with van der Waals surface area (Å²) >= 11 is 0. The van der Waals surface area contributed by atoms with Gasteiger partial charge in [0.25, 0.3) is 10.1 Å². The molecule has 0 atom stereocenters. The summed E-state index contributed by atoms with van der Waals surface area (Å²) in [5, 5.41) is 31.0. The monoisotopic (exact) mass is 306 g/mol. The molecule has 0 aromatic heterocycles. The Morgan fingerprint density at radius 3 is 2.19 bits per heavy atom. The molecule has 0 fully saturated rings. The predicted octanol–water partition coefficient (Wildman–Crippen LogP) is 2.36. The molecule has 108 valence electrons. The Balaban J connectivity index is 2.52. The third-order valence-corrected chi connectivity index (χ3v) is 4.17. The minimum atomic E-state index is -4.67. The molecule has 3 aromatic rings. The van der Waals surface area contributed by atoms with Crippen LogP contribution in [-0.2, 0) is 10.1 Å². The van der Waals surface area contributed by atoms with Crippen LogP contribution in [0.5, 0.6) is 17.2 Å². The van der Waals surface area contributed by atoms with Gasteiger partial charge in [-0.15, -0.1) is 0 Å². The molecular formula is C14H10O6S. The van der Waals surface area contributed by atoms with Crippen molar-refractivity contribution in [2.45, 2.75) is 4.90 Å². The van der Waals surface area contributed by atoms with Crippen LogP contribution in [0.2, 0.25) is 0 Å². The molecule has 0 radical (unpaired) electrons. The van der Waals surface area contributed by atoms with Gasteiger partial charge in [-0.05, 0) is 35.0 Å². The van der Waals surface area contributed by atoms with Gasteiger partial charge in [0.1, 0.15) is 10.6 Å². The van der Waals surface area contributed by atoms with Crippen LogP contribution in [0.4, 0.5) is 0 Å². The van der Waals surface area contributed by atoms with E-state index in [1.54, 1.807) is 12.1 Å². The number of hydrogen-bond donors (Lipinski definition) is 4. The van der Waals surface area contributed by atoms with Crippen molar-refractivity contribution in [2.24, 2.45) is 0 Å². The molecule has 0 unspecified atom stereocenters. The first-order valence-corrected chi connectivity index (χ1v) is 7.31. The van der Waals surface area contributed by atoms with Crippen LogP contribution in [0, 0.1) is 0 Å². The summed E-state index contributed by atoms with van der Waals surface area (Å²) in [6, 6.07) is 8.82. The number of rotatable bonds is 1. The lowest BCUT2D eigenvalue weighted by Crippen LogP contribution is -1.99. The van der Waals surface area contributed by atoms with Gasteiger partial charge in [0.05, 0.1) is 0 Å². The van der Waals surface area contributed by atoms with Gasteiger partial charge in [-0.3, -0.25) is 4.55 Å². The summed E-state index contributed by atoms with van der Waals surface area (Å²) in [7, 11) is -4.67. The minimum Gasteiger partial charge on any atom is -0.507 e. The lowest BCUT2D eigenvalue weighted by molar-refractivity contribution is 0.393. The highest BCUT2D eigenvalue weighted by Crippen LogP contribution is 2.41. The fourth-order valence-corrected chi connectivity index (χ4v) is 2.92. The molecule has 0 bridgehead atoms. The number of phenolic OH excluding ortho intramolecular Hbond substituents is 3. The van der Waals surface area contributed by atoms with E-state index in [0.29, 0.717) is 16.2 Å². The first-order valence-electron chi connectivity index (χ1n) is 5.87. The van der Waals surface area contributed by atoms with Gasteiger partial charge in [-0.1, -0.05) is 12.1 Å². The summed E-state index contributed by atoms with van der Waals surface area (Å²) < 4.78 is 31.5. The third-order valence-electron chi connectivity index (χ3n) is 3.30. The van der Waals surface area contributed by atoms with Crippen molar-refractivity contribution in [3.8, 4) is 17.2 Å². The zero-order valence-electron chi connectivity index (χ0n) is 10.5. The van der Waals surface area contributed by atoms with Crippen LogP contribution in [0.3, 0.4) is 0 Å². The van der Waals surface area contributed by atoms with E-state index in [9.17, 15) is 23.7 Å². The SMILES string of the molecule is O=S(=O)(O)c1cc2cc3cccc(O)c3cc2c(O)c1O. The van der Waals surface area contributed by atoms with E-state index in [-0.39, 0.29) is 11.1 Å². The van der Waals surface area contributed by atoms with Crippen LogP contribution in [0.25, 0.3) is 21.5 Å². The summed E-state index contributed by atoms with van der Waals surface area (Å²) in [4.78, 5) is -0.771. The Kier molecular flexibility index (Phi) is 2.72. The van der Waals surface area contributed by atoms with Gasteiger partial charge < -0.3 is 15.3 Å². The zero-order valence-corrected chi connectivity index (χ0v) is 11.3. The number of phenols is 3. The summed E-state index contributed by atoms with van der Waals surface area (Å²) in [6.45, 7) is 0. The highest BCUT2D eigenvalue weighted by molar-refractivity contribution is 7.86. The Morgan fingerprint density at radius 1 is 0.810 bits per heavy atom.